The normalized spacial score (nSPS) is 10.2. The molecule has 0 radical (unpaired) electrons. The van der Waals surface area contributed by atoms with Crippen LogP contribution in [0.2, 0.25) is 0 Å². The SMILES string of the molecule is COc1ccc(C(=O)O)cc1COc1cc(C)ccc1F. The van der Waals surface area contributed by atoms with Crippen molar-refractivity contribution < 1.29 is 23.8 Å². The molecule has 2 aromatic rings. The minimum atomic E-state index is -1.04. The number of halogens is 1. The topological polar surface area (TPSA) is 55.8 Å². The van der Waals surface area contributed by atoms with Gasteiger partial charge >= 0.3 is 5.97 Å². The summed E-state index contributed by atoms with van der Waals surface area (Å²) < 4.78 is 24.2. The fourth-order valence-electron chi connectivity index (χ4n) is 1.90. The lowest BCUT2D eigenvalue weighted by molar-refractivity contribution is 0.0696. The molecule has 1 N–H and O–H groups in total. The summed E-state index contributed by atoms with van der Waals surface area (Å²) in [5, 5.41) is 9.00. The molecular formula is C16H15FO4. The number of benzene rings is 2. The summed E-state index contributed by atoms with van der Waals surface area (Å²) in [6, 6.07) is 9.01. The highest BCUT2D eigenvalue weighted by molar-refractivity contribution is 5.88. The average molecular weight is 290 g/mol. The Labute approximate surface area is 121 Å². The second-order valence-electron chi connectivity index (χ2n) is 4.55. The van der Waals surface area contributed by atoms with E-state index in [1.54, 1.807) is 18.2 Å². The molecule has 0 atom stereocenters. The Bertz CT molecular complexity index is 667. The molecule has 2 aromatic carbocycles. The Balaban J connectivity index is 2.24. The third kappa shape index (κ3) is 3.51. The highest BCUT2D eigenvalue weighted by Gasteiger charge is 2.11. The predicted molar refractivity (Wildman–Crippen MR) is 75.4 cm³/mol. The first-order valence-electron chi connectivity index (χ1n) is 6.30. The highest BCUT2D eigenvalue weighted by atomic mass is 19.1. The van der Waals surface area contributed by atoms with Gasteiger partial charge in [-0.25, -0.2) is 9.18 Å². The van der Waals surface area contributed by atoms with Gasteiger partial charge in [-0.1, -0.05) is 6.07 Å². The van der Waals surface area contributed by atoms with Gasteiger partial charge in [0, 0.05) is 5.56 Å². The molecule has 0 aliphatic heterocycles. The smallest absolute Gasteiger partial charge is 0.335 e. The molecule has 0 aliphatic carbocycles. The predicted octanol–water partition coefficient (Wildman–Crippen LogP) is 3.42. The van der Waals surface area contributed by atoms with Crippen LogP contribution < -0.4 is 9.47 Å². The van der Waals surface area contributed by atoms with E-state index in [9.17, 15) is 9.18 Å². The number of carboxylic acid groups (broad SMARTS) is 1. The molecule has 0 heterocycles. The second kappa shape index (κ2) is 6.26. The molecule has 0 aromatic heterocycles. The van der Waals surface area contributed by atoms with Gasteiger partial charge in [-0.05, 0) is 42.8 Å². The van der Waals surface area contributed by atoms with Gasteiger partial charge in [0.1, 0.15) is 12.4 Å². The van der Waals surface area contributed by atoms with Crippen molar-refractivity contribution in [3.05, 3.63) is 58.9 Å². The van der Waals surface area contributed by atoms with Gasteiger partial charge in [0.05, 0.1) is 12.7 Å². The third-order valence-corrected chi connectivity index (χ3v) is 3.00. The van der Waals surface area contributed by atoms with E-state index in [0.29, 0.717) is 11.3 Å². The van der Waals surface area contributed by atoms with E-state index in [1.807, 2.05) is 6.92 Å². The third-order valence-electron chi connectivity index (χ3n) is 3.00. The van der Waals surface area contributed by atoms with Crippen LogP contribution in [0.1, 0.15) is 21.5 Å². The number of aryl methyl sites for hydroxylation is 1. The summed E-state index contributed by atoms with van der Waals surface area (Å²) in [5.74, 6) is -0.888. The van der Waals surface area contributed by atoms with Gasteiger partial charge in [-0.2, -0.15) is 0 Å². The Kier molecular flexibility index (Phi) is 4.42. The van der Waals surface area contributed by atoms with E-state index >= 15 is 0 Å². The van der Waals surface area contributed by atoms with Gasteiger partial charge in [-0.15, -0.1) is 0 Å². The maximum absolute atomic E-state index is 13.6. The van der Waals surface area contributed by atoms with Crippen molar-refractivity contribution in [2.75, 3.05) is 7.11 Å². The lowest BCUT2D eigenvalue weighted by atomic mass is 10.1. The van der Waals surface area contributed by atoms with Crippen LogP contribution in [0, 0.1) is 12.7 Å². The first-order chi connectivity index (χ1) is 10.0. The lowest BCUT2D eigenvalue weighted by Crippen LogP contribution is -2.03. The molecule has 5 heteroatoms. The van der Waals surface area contributed by atoms with Crippen LogP contribution in [0.15, 0.2) is 36.4 Å². The maximum Gasteiger partial charge on any atom is 0.335 e. The minimum absolute atomic E-state index is 0.0185. The molecule has 0 fully saturated rings. The lowest BCUT2D eigenvalue weighted by Gasteiger charge is -2.12. The molecule has 2 rings (SSSR count). The minimum Gasteiger partial charge on any atom is -0.496 e. The molecule has 0 amide bonds. The van der Waals surface area contributed by atoms with Gasteiger partial charge < -0.3 is 14.6 Å². The van der Waals surface area contributed by atoms with Crippen LogP contribution in [0.4, 0.5) is 4.39 Å². The number of carboxylic acids is 1. The molecule has 0 saturated carbocycles. The Morgan fingerprint density at radius 1 is 1.19 bits per heavy atom. The van der Waals surface area contributed by atoms with Crippen molar-refractivity contribution in [2.45, 2.75) is 13.5 Å². The number of ether oxygens (including phenoxy) is 2. The van der Waals surface area contributed by atoms with Crippen LogP contribution in [-0.2, 0) is 6.61 Å². The van der Waals surface area contributed by atoms with Gasteiger partial charge in [-0.3, -0.25) is 0 Å². The Morgan fingerprint density at radius 3 is 2.62 bits per heavy atom. The Morgan fingerprint density at radius 2 is 1.95 bits per heavy atom. The summed E-state index contributed by atoms with van der Waals surface area (Å²) in [6.07, 6.45) is 0. The fraction of sp³-hybridized carbons (Fsp3) is 0.188. The number of carbonyl (C=O) groups is 1. The number of rotatable bonds is 5. The molecule has 0 bridgehead atoms. The maximum atomic E-state index is 13.6. The van der Waals surface area contributed by atoms with E-state index in [2.05, 4.69) is 0 Å². The average Bonchev–Trinajstić information content (AvgIpc) is 2.47. The van der Waals surface area contributed by atoms with Crippen molar-refractivity contribution in [2.24, 2.45) is 0 Å². The Hall–Kier alpha value is -2.56. The van der Waals surface area contributed by atoms with E-state index in [4.69, 9.17) is 14.6 Å². The highest BCUT2D eigenvalue weighted by Crippen LogP contribution is 2.24. The quantitative estimate of drug-likeness (QED) is 0.916. The molecular weight excluding hydrogens is 275 g/mol. The first kappa shape index (κ1) is 14.8. The zero-order chi connectivity index (χ0) is 15.4. The second-order valence-corrected chi connectivity index (χ2v) is 4.55. The van der Waals surface area contributed by atoms with Gasteiger partial charge in [0.25, 0.3) is 0 Å². The summed E-state index contributed by atoms with van der Waals surface area (Å²) in [6.45, 7) is 1.85. The molecule has 110 valence electrons. The number of hydrogen-bond acceptors (Lipinski definition) is 3. The zero-order valence-electron chi connectivity index (χ0n) is 11.7. The fourth-order valence-corrected chi connectivity index (χ4v) is 1.90. The van der Waals surface area contributed by atoms with Crippen LogP contribution >= 0.6 is 0 Å². The molecule has 0 aliphatic rings. The number of methoxy groups -OCH3 is 1. The number of hydrogen-bond donors (Lipinski definition) is 1. The van der Waals surface area contributed by atoms with E-state index < -0.39 is 11.8 Å². The van der Waals surface area contributed by atoms with Crippen LogP contribution in [0.3, 0.4) is 0 Å². The summed E-state index contributed by atoms with van der Waals surface area (Å²) in [5.41, 5.74) is 1.54. The van der Waals surface area contributed by atoms with Crippen LogP contribution in [0.25, 0.3) is 0 Å². The van der Waals surface area contributed by atoms with Crippen LogP contribution in [0.5, 0.6) is 11.5 Å². The van der Waals surface area contributed by atoms with Gasteiger partial charge in [0.15, 0.2) is 11.6 Å². The van der Waals surface area contributed by atoms with E-state index in [-0.39, 0.29) is 17.9 Å². The molecule has 0 saturated heterocycles. The van der Waals surface area contributed by atoms with E-state index in [1.165, 1.54) is 25.3 Å². The van der Waals surface area contributed by atoms with E-state index in [0.717, 1.165) is 5.56 Å². The number of aromatic carboxylic acids is 1. The van der Waals surface area contributed by atoms with Crippen molar-refractivity contribution in [1.29, 1.82) is 0 Å². The summed E-state index contributed by atoms with van der Waals surface area (Å²) in [4.78, 5) is 11.0. The van der Waals surface area contributed by atoms with Gasteiger partial charge in [0.2, 0.25) is 0 Å². The monoisotopic (exact) mass is 290 g/mol. The molecule has 21 heavy (non-hydrogen) atoms. The zero-order valence-corrected chi connectivity index (χ0v) is 11.7. The van der Waals surface area contributed by atoms with Crippen molar-refractivity contribution in [1.82, 2.24) is 0 Å². The van der Waals surface area contributed by atoms with Crippen molar-refractivity contribution in [3.8, 4) is 11.5 Å². The van der Waals surface area contributed by atoms with Crippen molar-refractivity contribution in [3.63, 3.8) is 0 Å². The van der Waals surface area contributed by atoms with Crippen LogP contribution in [-0.4, -0.2) is 18.2 Å². The largest absolute Gasteiger partial charge is 0.496 e. The summed E-state index contributed by atoms with van der Waals surface area (Å²) in [7, 11) is 1.48. The first-order valence-corrected chi connectivity index (χ1v) is 6.30. The molecule has 4 nitrogen and oxygen atoms in total. The summed E-state index contributed by atoms with van der Waals surface area (Å²) >= 11 is 0. The molecule has 0 unspecified atom stereocenters. The van der Waals surface area contributed by atoms with Crippen molar-refractivity contribution >= 4 is 5.97 Å². The standard InChI is InChI=1S/C16H15FO4/c1-10-3-5-13(17)15(7-10)21-9-12-8-11(16(18)19)4-6-14(12)20-2/h3-8H,9H2,1-2H3,(H,18,19). The molecule has 0 spiro atoms.